The summed E-state index contributed by atoms with van der Waals surface area (Å²) in [5, 5.41) is 0. The molecule has 1 aromatic carbocycles. The molecule has 1 aliphatic heterocycles. The minimum absolute atomic E-state index is 0.173. The van der Waals surface area contributed by atoms with Crippen molar-refractivity contribution in [1.82, 2.24) is 0 Å². The lowest BCUT2D eigenvalue weighted by molar-refractivity contribution is 0.0136. The molecule has 0 aromatic heterocycles. The maximum atomic E-state index is 11.8. The average Bonchev–Trinajstić information content (AvgIpc) is 2.77. The van der Waals surface area contributed by atoms with Crippen molar-refractivity contribution < 1.29 is 14.3 Å². The highest BCUT2D eigenvalue weighted by Crippen LogP contribution is 2.19. The monoisotopic (exact) mass is 218 g/mol. The number of benzene rings is 1. The van der Waals surface area contributed by atoms with E-state index in [4.69, 9.17) is 9.47 Å². The lowest BCUT2D eigenvalue weighted by Crippen LogP contribution is -2.25. The SMILES string of the molecule is C=C[C@H]1OCC[C@@H]1OC(=O)c1ccccc1. The standard InChI is InChI=1S/C13H14O3/c1-2-11-12(8-9-15-11)16-13(14)10-6-4-3-5-7-10/h2-7,11-12H,1,8-9H2/t11-,12+/m1/s1. The molecule has 2 atom stereocenters. The molecule has 0 radical (unpaired) electrons. The fraction of sp³-hybridized carbons (Fsp3) is 0.308. The van der Waals surface area contributed by atoms with E-state index >= 15 is 0 Å². The van der Waals surface area contributed by atoms with Gasteiger partial charge in [-0.3, -0.25) is 0 Å². The number of rotatable bonds is 3. The van der Waals surface area contributed by atoms with Crippen LogP contribution in [0.5, 0.6) is 0 Å². The molecule has 2 rings (SSSR count). The van der Waals surface area contributed by atoms with Gasteiger partial charge < -0.3 is 9.47 Å². The molecule has 16 heavy (non-hydrogen) atoms. The van der Waals surface area contributed by atoms with Crippen LogP contribution in [0.15, 0.2) is 43.0 Å². The first kappa shape index (κ1) is 10.9. The zero-order valence-electron chi connectivity index (χ0n) is 8.96. The van der Waals surface area contributed by atoms with Gasteiger partial charge in [0.2, 0.25) is 0 Å². The van der Waals surface area contributed by atoms with Gasteiger partial charge in [-0.2, -0.15) is 0 Å². The lowest BCUT2D eigenvalue weighted by Gasteiger charge is -2.15. The third kappa shape index (κ3) is 2.31. The molecule has 0 amide bonds. The topological polar surface area (TPSA) is 35.5 Å². The minimum Gasteiger partial charge on any atom is -0.456 e. The van der Waals surface area contributed by atoms with Crippen molar-refractivity contribution in [3.05, 3.63) is 48.6 Å². The van der Waals surface area contributed by atoms with Gasteiger partial charge in [-0.25, -0.2) is 4.79 Å². The van der Waals surface area contributed by atoms with Crippen molar-refractivity contribution in [3.8, 4) is 0 Å². The molecule has 1 saturated heterocycles. The molecular weight excluding hydrogens is 204 g/mol. The van der Waals surface area contributed by atoms with E-state index < -0.39 is 0 Å². The van der Waals surface area contributed by atoms with Crippen molar-refractivity contribution in [3.63, 3.8) is 0 Å². The predicted octanol–water partition coefficient (Wildman–Crippen LogP) is 2.19. The molecule has 1 aromatic rings. The molecule has 0 N–H and O–H groups in total. The maximum absolute atomic E-state index is 11.8. The Labute approximate surface area is 94.7 Å². The van der Waals surface area contributed by atoms with Gasteiger partial charge >= 0.3 is 5.97 Å². The van der Waals surface area contributed by atoms with Crippen LogP contribution in [0.1, 0.15) is 16.8 Å². The summed E-state index contributed by atoms with van der Waals surface area (Å²) in [6, 6.07) is 8.96. The smallest absolute Gasteiger partial charge is 0.338 e. The van der Waals surface area contributed by atoms with Gasteiger partial charge in [0.05, 0.1) is 12.2 Å². The summed E-state index contributed by atoms with van der Waals surface area (Å²) in [7, 11) is 0. The van der Waals surface area contributed by atoms with E-state index in [0.717, 1.165) is 6.42 Å². The minimum atomic E-state index is -0.303. The van der Waals surface area contributed by atoms with Crippen LogP contribution in [-0.2, 0) is 9.47 Å². The highest BCUT2D eigenvalue weighted by atomic mass is 16.6. The Hall–Kier alpha value is -1.61. The number of hydrogen-bond donors (Lipinski definition) is 0. The predicted molar refractivity (Wildman–Crippen MR) is 60.2 cm³/mol. The lowest BCUT2D eigenvalue weighted by atomic mass is 10.2. The average molecular weight is 218 g/mol. The second-order valence-electron chi connectivity index (χ2n) is 3.67. The van der Waals surface area contributed by atoms with E-state index in [0.29, 0.717) is 12.2 Å². The summed E-state index contributed by atoms with van der Waals surface area (Å²) >= 11 is 0. The van der Waals surface area contributed by atoms with Crippen molar-refractivity contribution in [2.24, 2.45) is 0 Å². The van der Waals surface area contributed by atoms with Crippen LogP contribution in [0.3, 0.4) is 0 Å². The number of carbonyl (C=O) groups is 1. The summed E-state index contributed by atoms with van der Waals surface area (Å²) in [5.41, 5.74) is 0.567. The van der Waals surface area contributed by atoms with Crippen molar-refractivity contribution in [1.29, 1.82) is 0 Å². The summed E-state index contributed by atoms with van der Waals surface area (Å²) in [6.07, 6.45) is 2.03. The highest BCUT2D eigenvalue weighted by molar-refractivity contribution is 5.89. The largest absolute Gasteiger partial charge is 0.456 e. The first-order valence-electron chi connectivity index (χ1n) is 5.31. The van der Waals surface area contributed by atoms with Gasteiger partial charge in [-0.15, -0.1) is 6.58 Å². The molecule has 1 heterocycles. The summed E-state index contributed by atoms with van der Waals surface area (Å²) < 4.78 is 10.7. The Kier molecular flexibility index (Phi) is 3.37. The summed E-state index contributed by atoms with van der Waals surface area (Å²) in [5.74, 6) is -0.303. The Bertz CT molecular complexity index is 372. The first-order valence-corrected chi connectivity index (χ1v) is 5.31. The third-order valence-corrected chi connectivity index (χ3v) is 2.58. The Morgan fingerprint density at radius 2 is 2.19 bits per heavy atom. The zero-order chi connectivity index (χ0) is 11.4. The molecule has 3 heteroatoms. The van der Waals surface area contributed by atoms with E-state index in [1.165, 1.54) is 0 Å². The van der Waals surface area contributed by atoms with E-state index in [1.54, 1.807) is 18.2 Å². The molecular formula is C13H14O3. The summed E-state index contributed by atoms with van der Waals surface area (Å²) in [6.45, 7) is 4.27. The molecule has 84 valence electrons. The van der Waals surface area contributed by atoms with Crippen molar-refractivity contribution >= 4 is 5.97 Å². The van der Waals surface area contributed by atoms with Crippen LogP contribution >= 0.6 is 0 Å². The third-order valence-electron chi connectivity index (χ3n) is 2.58. The number of carbonyl (C=O) groups excluding carboxylic acids is 1. The van der Waals surface area contributed by atoms with E-state index in [9.17, 15) is 4.79 Å². The van der Waals surface area contributed by atoms with Gasteiger partial charge in [0, 0.05) is 6.42 Å². The fourth-order valence-corrected chi connectivity index (χ4v) is 1.72. The van der Waals surface area contributed by atoms with Gasteiger partial charge in [-0.05, 0) is 12.1 Å². The molecule has 1 aliphatic rings. The zero-order valence-corrected chi connectivity index (χ0v) is 8.96. The van der Waals surface area contributed by atoms with Crippen LogP contribution in [-0.4, -0.2) is 24.8 Å². The van der Waals surface area contributed by atoms with Gasteiger partial charge in [0.15, 0.2) is 0 Å². The van der Waals surface area contributed by atoms with Crippen LogP contribution in [0, 0.1) is 0 Å². The van der Waals surface area contributed by atoms with Gasteiger partial charge in [-0.1, -0.05) is 24.3 Å². The molecule has 0 aliphatic carbocycles. The molecule has 0 unspecified atom stereocenters. The Morgan fingerprint density at radius 3 is 2.88 bits per heavy atom. The molecule has 0 bridgehead atoms. The molecule has 1 fully saturated rings. The number of hydrogen-bond acceptors (Lipinski definition) is 3. The normalized spacial score (nSPS) is 24.0. The van der Waals surface area contributed by atoms with Crippen LogP contribution in [0.2, 0.25) is 0 Å². The van der Waals surface area contributed by atoms with E-state index in [1.807, 2.05) is 18.2 Å². The second kappa shape index (κ2) is 4.94. The second-order valence-corrected chi connectivity index (χ2v) is 3.67. The van der Waals surface area contributed by atoms with Gasteiger partial charge in [0.25, 0.3) is 0 Å². The number of ether oxygens (including phenoxy) is 2. The van der Waals surface area contributed by atoms with Crippen LogP contribution in [0.4, 0.5) is 0 Å². The van der Waals surface area contributed by atoms with E-state index in [-0.39, 0.29) is 18.2 Å². The van der Waals surface area contributed by atoms with Crippen LogP contribution < -0.4 is 0 Å². The molecule has 0 saturated carbocycles. The van der Waals surface area contributed by atoms with Crippen molar-refractivity contribution in [2.75, 3.05) is 6.61 Å². The maximum Gasteiger partial charge on any atom is 0.338 e. The molecule has 3 nitrogen and oxygen atoms in total. The Balaban J connectivity index is 2.00. The Morgan fingerprint density at radius 1 is 1.44 bits per heavy atom. The summed E-state index contributed by atoms with van der Waals surface area (Å²) in [4.78, 5) is 11.8. The fourth-order valence-electron chi connectivity index (χ4n) is 1.72. The molecule has 0 spiro atoms. The quantitative estimate of drug-likeness (QED) is 0.576. The highest BCUT2D eigenvalue weighted by Gasteiger charge is 2.29. The van der Waals surface area contributed by atoms with E-state index in [2.05, 4.69) is 6.58 Å². The first-order chi connectivity index (χ1) is 7.81. The van der Waals surface area contributed by atoms with Gasteiger partial charge in [0.1, 0.15) is 12.2 Å². The van der Waals surface area contributed by atoms with Crippen molar-refractivity contribution in [2.45, 2.75) is 18.6 Å². The number of esters is 1. The van der Waals surface area contributed by atoms with Crippen LogP contribution in [0.25, 0.3) is 0 Å².